The Balaban J connectivity index is 0.000000202. The average molecular weight is 1130 g/mol. The predicted molar refractivity (Wildman–Crippen MR) is 333 cm³/mol. The molecule has 0 aliphatic carbocycles. The minimum atomic E-state index is -0.868. The Morgan fingerprint density at radius 1 is 0.595 bits per heavy atom. The minimum absolute atomic E-state index is 0.00939. The fourth-order valence-electron chi connectivity index (χ4n) is 11.7. The van der Waals surface area contributed by atoms with Crippen LogP contribution in [0.15, 0.2) is 200 Å². The maximum atomic E-state index is 14.6. The van der Waals surface area contributed by atoms with Gasteiger partial charge in [0.1, 0.15) is 0 Å². The van der Waals surface area contributed by atoms with Gasteiger partial charge < -0.3 is 47.4 Å². The lowest BCUT2D eigenvalue weighted by molar-refractivity contribution is -0.134. The third-order valence-corrected chi connectivity index (χ3v) is 16.3. The van der Waals surface area contributed by atoms with E-state index >= 15 is 0 Å². The van der Waals surface area contributed by atoms with Crippen molar-refractivity contribution in [2.24, 2.45) is 11.7 Å². The van der Waals surface area contributed by atoms with E-state index in [4.69, 9.17) is 11.1 Å². The number of benzene rings is 7. The van der Waals surface area contributed by atoms with E-state index in [1.54, 1.807) is 24.3 Å². The van der Waals surface area contributed by atoms with Crippen LogP contribution in [0.5, 0.6) is 0 Å². The first kappa shape index (κ1) is 60.1. The first-order valence-corrected chi connectivity index (χ1v) is 29.6. The SMILES string of the molecule is N=C(N)NCCC[C@@H]1N[C@H](CNC(=O)/C(F)=C/c2ccccc2)CCN(CC(c2ccccc2)c2ccccc2)C1=O.O=C(NCC1CCN(CC(c2ccccc2)c2ccccc2)C(=O)C(C2CCNCC2)N1)c1ccc2ccccc2c1. The number of fused-ring (bicyclic) bond motifs is 1. The lowest BCUT2D eigenvalue weighted by Gasteiger charge is -2.34. The van der Waals surface area contributed by atoms with Gasteiger partial charge in [-0.1, -0.05) is 182 Å². The van der Waals surface area contributed by atoms with Gasteiger partial charge in [-0.3, -0.25) is 24.6 Å². The molecule has 0 radical (unpaired) electrons. The smallest absolute Gasteiger partial charge is 0.280 e. The first-order chi connectivity index (χ1) is 41.1. The zero-order valence-corrected chi connectivity index (χ0v) is 47.7. The van der Waals surface area contributed by atoms with E-state index in [9.17, 15) is 23.6 Å². The van der Waals surface area contributed by atoms with Gasteiger partial charge in [-0.2, -0.15) is 0 Å². The van der Waals surface area contributed by atoms with E-state index in [0.29, 0.717) is 69.7 Å². The molecule has 3 aliphatic rings. The molecular weight excluding hydrogens is 1050 g/mol. The van der Waals surface area contributed by atoms with Crippen molar-refractivity contribution in [1.29, 1.82) is 5.41 Å². The van der Waals surface area contributed by atoms with E-state index in [-0.39, 0.29) is 66.1 Å². The highest BCUT2D eigenvalue weighted by molar-refractivity contribution is 5.98. The molecule has 2 unspecified atom stereocenters. The van der Waals surface area contributed by atoms with Gasteiger partial charge in [0.2, 0.25) is 11.8 Å². The Morgan fingerprint density at radius 3 is 1.63 bits per heavy atom. The van der Waals surface area contributed by atoms with Gasteiger partial charge in [-0.25, -0.2) is 4.39 Å². The molecule has 3 heterocycles. The third kappa shape index (κ3) is 17.1. The highest BCUT2D eigenvalue weighted by atomic mass is 19.1. The molecule has 3 fully saturated rings. The van der Waals surface area contributed by atoms with Gasteiger partial charge in [-0.15, -0.1) is 0 Å². The van der Waals surface area contributed by atoms with Crippen LogP contribution in [0.2, 0.25) is 0 Å². The second kappa shape index (κ2) is 30.7. The zero-order chi connectivity index (χ0) is 58.5. The fourth-order valence-corrected chi connectivity index (χ4v) is 11.7. The van der Waals surface area contributed by atoms with Crippen molar-refractivity contribution in [2.45, 2.75) is 74.5 Å². The highest BCUT2D eigenvalue weighted by Crippen LogP contribution is 2.30. The van der Waals surface area contributed by atoms with Gasteiger partial charge in [0.15, 0.2) is 11.8 Å². The Morgan fingerprint density at radius 2 is 1.08 bits per heavy atom. The maximum absolute atomic E-state index is 14.6. The number of amides is 4. The number of hydrogen-bond donors (Lipinski definition) is 8. The lowest BCUT2D eigenvalue weighted by atomic mass is 9.88. The number of hydrogen-bond acceptors (Lipinski definition) is 8. The van der Waals surface area contributed by atoms with Gasteiger partial charge in [0, 0.05) is 75.3 Å². The number of nitrogens with zero attached hydrogens (tertiary/aromatic N) is 2. The van der Waals surface area contributed by atoms with Crippen molar-refractivity contribution in [3.63, 3.8) is 0 Å². The van der Waals surface area contributed by atoms with Gasteiger partial charge in [0.25, 0.3) is 11.8 Å². The molecule has 84 heavy (non-hydrogen) atoms. The molecule has 7 aromatic rings. The molecule has 4 amide bonds. The second-order valence-electron chi connectivity index (χ2n) is 22.1. The quantitative estimate of drug-likeness (QED) is 0.0159. The predicted octanol–water partition coefficient (Wildman–Crippen LogP) is 8.73. The molecule has 10 rings (SSSR count). The van der Waals surface area contributed by atoms with Crippen LogP contribution < -0.4 is 37.6 Å². The summed E-state index contributed by atoms with van der Waals surface area (Å²) in [7, 11) is 0. The molecule has 7 aromatic carbocycles. The summed E-state index contributed by atoms with van der Waals surface area (Å²) in [5.41, 5.74) is 11.4. The highest BCUT2D eigenvalue weighted by Gasteiger charge is 2.38. The molecule has 0 aromatic heterocycles. The first-order valence-electron chi connectivity index (χ1n) is 29.6. The summed E-state index contributed by atoms with van der Waals surface area (Å²) in [5.74, 6) is -1.33. The molecule has 0 bridgehead atoms. The number of nitrogens with one attached hydrogen (secondary N) is 7. The van der Waals surface area contributed by atoms with Crippen molar-refractivity contribution < 1.29 is 23.6 Å². The minimum Gasteiger partial charge on any atom is -0.370 e. The van der Waals surface area contributed by atoms with Crippen molar-refractivity contribution in [3.8, 4) is 0 Å². The molecule has 4 atom stereocenters. The van der Waals surface area contributed by atoms with Gasteiger partial charge in [0.05, 0.1) is 12.1 Å². The number of halogens is 1. The maximum Gasteiger partial charge on any atom is 0.280 e. The van der Waals surface area contributed by atoms with Crippen LogP contribution in [-0.4, -0.2) is 122 Å². The Hall–Kier alpha value is -8.50. The van der Waals surface area contributed by atoms with Gasteiger partial charge >= 0.3 is 0 Å². The second-order valence-corrected chi connectivity index (χ2v) is 22.1. The van der Waals surface area contributed by atoms with Crippen molar-refractivity contribution in [1.82, 2.24) is 41.7 Å². The molecule has 14 nitrogen and oxygen atoms in total. The molecule has 0 saturated carbocycles. The topological polar surface area (TPSA) is 197 Å². The summed E-state index contributed by atoms with van der Waals surface area (Å²) in [4.78, 5) is 57.8. The van der Waals surface area contributed by atoms with Crippen LogP contribution in [0.4, 0.5) is 4.39 Å². The van der Waals surface area contributed by atoms with E-state index < -0.39 is 17.8 Å². The van der Waals surface area contributed by atoms with E-state index in [0.717, 1.165) is 54.3 Å². The van der Waals surface area contributed by atoms with Crippen LogP contribution >= 0.6 is 0 Å². The number of nitrogens with two attached hydrogens (primary N) is 1. The zero-order valence-electron chi connectivity index (χ0n) is 47.7. The van der Waals surface area contributed by atoms with Crippen LogP contribution in [0, 0.1) is 11.3 Å². The van der Waals surface area contributed by atoms with E-state index in [1.165, 1.54) is 17.2 Å². The molecule has 436 valence electrons. The monoisotopic (exact) mass is 1130 g/mol. The molecule has 15 heteroatoms. The Labute approximate surface area is 493 Å². The molecular formula is C69H79FN10O4. The standard InChI is InChI=1S/C36H40N4O2.C33H39FN6O2/c41-35(31-16-15-26-9-7-8-14-30(26)23-31)38-24-32-19-22-40(36(42)34(39-32)29-17-20-37-21-18-29)25-33(27-10-3-1-4-11-27)28-12-5-2-6-13-28;34-29(21-24-11-4-1-5-12-24)31(41)38-22-27-18-20-40(32(42)30(39-27)17-10-19-37-33(35)36)23-28(25-13-6-2-7-14-25)26-15-8-3-9-16-26/h1-16,23,29,32-34,37,39H,17-22,24-25H2,(H,38,41);1-9,11-16,21,27-28,30,39H,10,17-20,22-23H2,(H,38,41)(H4,35,36,37)/b;29-21-/t;27-,30-/m.0/s1. The summed E-state index contributed by atoms with van der Waals surface area (Å²) in [6.45, 7) is 5.26. The summed E-state index contributed by atoms with van der Waals surface area (Å²) in [5, 5.41) is 28.8. The van der Waals surface area contributed by atoms with Crippen LogP contribution in [0.25, 0.3) is 16.8 Å². The van der Waals surface area contributed by atoms with Crippen molar-refractivity contribution in [3.05, 3.63) is 233 Å². The number of piperidine rings is 1. The largest absolute Gasteiger partial charge is 0.370 e. The lowest BCUT2D eigenvalue weighted by Crippen LogP contribution is -2.54. The average Bonchev–Trinajstić information content (AvgIpc) is 3.94. The Bertz CT molecular complexity index is 3180. The van der Waals surface area contributed by atoms with Crippen LogP contribution in [-0.2, 0) is 14.4 Å². The van der Waals surface area contributed by atoms with Crippen molar-refractivity contribution in [2.75, 3.05) is 58.9 Å². The van der Waals surface area contributed by atoms with Crippen LogP contribution in [0.1, 0.15) is 88.5 Å². The molecule has 3 saturated heterocycles. The summed E-state index contributed by atoms with van der Waals surface area (Å²) >= 11 is 0. The number of guanidine groups is 1. The fraction of sp³-hybridized carbons (Fsp3) is 0.319. The Kier molecular flexibility index (Phi) is 22.0. The number of carbonyl (C=O) groups excluding carboxylic acids is 4. The van der Waals surface area contributed by atoms with Crippen LogP contribution in [0.3, 0.4) is 0 Å². The normalized spacial score (nSPS) is 18.8. The summed E-state index contributed by atoms with van der Waals surface area (Å²) in [6, 6.07) is 63.1. The number of carbonyl (C=O) groups is 4. The van der Waals surface area contributed by atoms with Gasteiger partial charge in [-0.05, 0) is 114 Å². The van der Waals surface area contributed by atoms with Crippen molar-refractivity contribution >= 4 is 46.4 Å². The summed E-state index contributed by atoms with van der Waals surface area (Å²) in [6.07, 6.45) is 5.65. The van der Waals surface area contributed by atoms with E-state index in [1.807, 2.05) is 95.9 Å². The summed E-state index contributed by atoms with van der Waals surface area (Å²) < 4.78 is 14.6. The van der Waals surface area contributed by atoms with E-state index in [2.05, 4.69) is 116 Å². The molecule has 3 aliphatic heterocycles. The molecule has 9 N–H and O–H groups in total. The number of rotatable bonds is 20. The third-order valence-electron chi connectivity index (χ3n) is 16.3. The molecule has 0 spiro atoms.